The molecule has 1 unspecified atom stereocenters. The first kappa shape index (κ1) is 24.7. The molecular formula is C26H31FN2O4. The molecule has 2 aromatic rings. The molecule has 1 aliphatic carbocycles. The van der Waals surface area contributed by atoms with E-state index in [2.05, 4.69) is 25.2 Å². The Kier molecular flexibility index (Phi) is 8.06. The molecule has 6 nitrogen and oxygen atoms in total. The van der Waals surface area contributed by atoms with Crippen LogP contribution in [-0.4, -0.2) is 41.0 Å². The number of carboxylic acids is 1. The molecule has 1 aliphatic rings. The fourth-order valence-corrected chi connectivity index (χ4v) is 4.44. The lowest BCUT2D eigenvalue weighted by Crippen LogP contribution is -2.46. The van der Waals surface area contributed by atoms with Gasteiger partial charge in [0, 0.05) is 18.5 Å². The molecule has 0 saturated carbocycles. The molecule has 3 N–H and O–H groups in total. The normalized spacial score (nSPS) is 16.2. The van der Waals surface area contributed by atoms with Crippen LogP contribution in [0, 0.1) is 23.1 Å². The van der Waals surface area contributed by atoms with E-state index in [9.17, 15) is 19.6 Å². The first-order valence-electron chi connectivity index (χ1n) is 11.2. The van der Waals surface area contributed by atoms with Gasteiger partial charge < -0.3 is 20.3 Å². The number of benzene rings is 2. The zero-order valence-electron chi connectivity index (χ0n) is 19.1. The van der Waals surface area contributed by atoms with E-state index in [4.69, 9.17) is 9.84 Å². The Hall–Kier alpha value is -2.95. The van der Waals surface area contributed by atoms with Crippen molar-refractivity contribution in [1.29, 1.82) is 5.26 Å². The summed E-state index contributed by atoms with van der Waals surface area (Å²) in [6.07, 6.45) is 2.23. The van der Waals surface area contributed by atoms with Gasteiger partial charge in [0.1, 0.15) is 30.3 Å². The lowest BCUT2D eigenvalue weighted by molar-refractivity contribution is -0.136. The number of carboxylic acid groups (broad SMARTS) is 1. The second-order valence-electron chi connectivity index (χ2n) is 9.46. The Morgan fingerprint density at radius 2 is 2.03 bits per heavy atom. The number of nitrogens with one attached hydrogen (secondary N) is 1. The summed E-state index contributed by atoms with van der Waals surface area (Å²) >= 11 is 0. The highest BCUT2D eigenvalue weighted by Gasteiger charge is 2.28. The van der Waals surface area contributed by atoms with Crippen LogP contribution in [0.3, 0.4) is 0 Å². The third-order valence-corrected chi connectivity index (χ3v) is 6.03. The SMILES string of the molecule is CC(C)(CC1Cc2ccc([18F])cc2C1)NC[C@H](O)COc1cc(CCC(=O)O)ccc1C#N. The molecule has 0 saturated heterocycles. The number of fused-ring (bicyclic) bond motifs is 1. The van der Waals surface area contributed by atoms with Crippen molar-refractivity contribution in [3.05, 3.63) is 64.5 Å². The number of hydrogen-bond acceptors (Lipinski definition) is 5. The standard InChI is InChI=1S/C26H31FN2O4/c1-26(2,13-18-9-19-6-7-22(27)12-21(19)10-18)29-15-23(30)16-33-24-11-17(4-8-25(31)32)3-5-20(24)14-28/h3,5-7,11-12,18,23,29-30H,4,8-10,13,15-16H2,1-2H3,(H,31,32)/t18?,23-/m0/s1/i27-1. The monoisotopic (exact) mass is 453 g/mol. The number of hydrogen-bond donors (Lipinski definition) is 3. The molecule has 0 spiro atoms. The lowest BCUT2D eigenvalue weighted by atomic mass is 9.88. The molecule has 33 heavy (non-hydrogen) atoms. The van der Waals surface area contributed by atoms with Crippen LogP contribution < -0.4 is 10.1 Å². The van der Waals surface area contributed by atoms with Gasteiger partial charge in [-0.2, -0.15) is 5.26 Å². The summed E-state index contributed by atoms with van der Waals surface area (Å²) < 4.78 is 19.2. The molecule has 7 heteroatoms. The van der Waals surface area contributed by atoms with Gasteiger partial charge >= 0.3 is 5.97 Å². The minimum atomic E-state index is -0.889. The first-order valence-corrected chi connectivity index (χ1v) is 11.2. The van der Waals surface area contributed by atoms with Gasteiger partial charge in [-0.05, 0) is 86.4 Å². The van der Waals surface area contributed by atoms with Crippen LogP contribution in [0.2, 0.25) is 0 Å². The second kappa shape index (κ2) is 10.8. The maximum Gasteiger partial charge on any atom is 0.303 e. The molecule has 0 aliphatic heterocycles. The number of aliphatic hydroxyl groups is 1. The highest BCUT2D eigenvalue weighted by atomic mass is 18.2. The molecule has 0 amide bonds. The van der Waals surface area contributed by atoms with E-state index in [0.29, 0.717) is 30.2 Å². The summed E-state index contributed by atoms with van der Waals surface area (Å²) in [5.74, 6) is -0.319. The molecule has 0 heterocycles. The van der Waals surface area contributed by atoms with Crippen LogP contribution in [-0.2, 0) is 24.1 Å². The number of nitrogens with zero attached hydrogens (tertiary/aromatic N) is 1. The van der Waals surface area contributed by atoms with Crippen molar-refractivity contribution in [2.45, 2.75) is 57.6 Å². The van der Waals surface area contributed by atoms with E-state index < -0.39 is 12.1 Å². The van der Waals surface area contributed by atoms with Crippen LogP contribution in [0.5, 0.6) is 5.75 Å². The molecule has 0 aromatic heterocycles. The summed E-state index contributed by atoms with van der Waals surface area (Å²) in [5.41, 5.74) is 3.18. The summed E-state index contributed by atoms with van der Waals surface area (Å²) in [7, 11) is 0. The maximum absolute atomic E-state index is 13.5. The number of nitriles is 1. The smallest absolute Gasteiger partial charge is 0.303 e. The minimum absolute atomic E-state index is 0.00597. The number of ether oxygens (including phenoxy) is 1. The van der Waals surface area contributed by atoms with Crippen LogP contribution in [0.1, 0.15) is 48.9 Å². The van der Waals surface area contributed by atoms with Crippen molar-refractivity contribution in [3.63, 3.8) is 0 Å². The number of aliphatic carboxylic acids is 1. The predicted molar refractivity (Wildman–Crippen MR) is 123 cm³/mol. The van der Waals surface area contributed by atoms with Crippen LogP contribution in [0.15, 0.2) is 36.4 Å². The second-order valence-corrected chi connectivity index (χ2v) is 9.46. The molecule has 0 bridgehead atoms. The Balaban J connectivity index is 1.48. The average Bonchev–Trinajstić information content (AvgIpc) is 3.15. The number of aryl methyl sites for hydroxylation is 1. The number of β-amino-alcohol motifs (C(OH)–C–C–N with tert-alkyl or cyclic N) is 1. The molecule has 2 aromatic carbocycles. The number of halogens is 1. The summed E-state index contributed by atoms with van der Waals surface area (Å²) in [4.78, 5) is 10.8. The third kappa shape index (κ3) is 7.28. The van der Waals surface area contributed by atoms with Gasteiger partial charge in [0.2, 0.25) is 0 Å². The number of rotatable bonds is 11. The van der Waals surface area contributed by atoms with E-state index in [1.165, 1.54) is 11.6 Å². The largest absolute Gasteiger partial charge is 0.489 e. The Morgan fingerprint density at radius 3 is 2.76 bits per heavy atom. The van der Waals surface area contributed by atoms with Gasteiger partial charge in [0.25, 0.3) is 0 Å². The van der Waals surface area contributed by atoms with Crippen LogP contribution in [0.4, 0.5) is 4.39 Å². The molecule has 2 atom stereocenters. The summed E-state index contributed by atoms with van der Waals surface area (Å²) in [6, 6.07) is 12.0. The molecule has 0 radical (unpaired) electrons. The Bertz CT molecular complexity index is 1030. The summed E-state index contributed by atoms with van der Waals surface area (Å²) in [5, 5.41) is 32.0. The van der Waals surface area contributed by atoms with Gasteiger partial charge in [-0.3, -0.25) is 4.79 Å². The topological polar surface area (TPSA) is 103 Å². The predicted octanol–water partition coefficient (Wildman–Crippen LogP) is 3.63. The van der Waals surface area contributed by atoms with Crippen molar-refractivity contribution >= 4 is 5.97 Å². The van der Waals surface area contributed by atoms with Crippen molar-refractivity contribution < 1.29 is 24.1 Å². The molecule has 176 valence electrons. The highest BCUT2D eigenvalue weighted by molar-refractivity contribution is 5.67. The number of aliphatic hydroxyl groups excluding tert-OH is 1. The van der Waals surface area contributed by atoms with E-state index in [-0.39, 0.29) is 24.4 Å². The van der Waals surface area contributed by atoms with Gasteiger partial charge in [0.05, 0.1) is 5.56 Å². The van der Waals surface area contributed by atoms with Gasteiger partial charge in [-0.1, -0.05) is 12.1 Å². The van der Waals surface area contributed by atoms with Gasteiger partial charge in [-0.15, -0.1) is 0 Å². The molecular weight excluding hydrogens is 422 g/mol. The number of carbonyl (C=O) groups is 1. The van der Waals surface area contributed by atoms with Crippen molar-refractivity contribution in [3.8, 4) is 11.8 Å². The van der Waals surface area contributed by atoms with Crippen LogP contribution >= 0.6 is 0 Å². The highest BCUT2D eigenvalue weighted by Crippen LogP contribution is 2.32. The molecule has 0 fully saturated rings. The van der Waals surface area contributed by atoms with Crippen molar-refractivity contribution in [1.82, 2.24) is 5.32 Å². The first-order chi connectivity index (χ1) is 15.6. The molecule has 3 rings (SSSR count). The fraction of sp³-hybridized carbons (Fsp3) is 0.462. The van der Waals surface area contributed by atoms with E-state index in [1.54, 1.807) is 24.3 Å². The Morgan fingerprint density at radius 1 is 1.27 bits per heavy atom. The van der Waals surface area contributed by atoms with E-state index in [1.807, 2.05) is 6.07 Å². The third-order valence-electron chi connectivity index (χ3n) is 6.03. The van der Waals surface area contributed by atoms with Gasteiger partial charge in [0.15, 0.2) is 0 Å². The fourth-order valence-electron chi connectivity index (χ4n) is 4.44. The summed E-state index contributed by atoms with van der Waals surface area (Å²) in [6.45, 7) is 4.50. The maximum atomic E-state index is 13.5. The average molecular weight is 454 g/mol. The Labute approximate surface area is 194 Å². The van der Waals surface area contributed by atoms with Gasteiger partial charge in [-0.25, -0.2) is 4.39 Å². The zero-order valence-corrected chi connectivity index (χ0v) is 19.1. The van der Waals surface area contributed by atoms with E-state index in [0.717, 1.165) is 30.4 Å². The zero-order chi connectivity index (χ0) is 24.0. The quantitative estimate of drug-likeness (QED) is 0.480. The van der Waals surface area contributed by atoms with E-state index >= 15 is 0 Å². The van der Waals surface area contributed by atoms with Crippen molar-refractivity contribution in [2.75, 3.05) is 13.2 Å². The van der Waals surface area contributed by atoms with Crippen LogP contribution in [0.25, 0.3) is 0 Å². The van der Waals surface area contributed by atoms with Crippen molar-refractivity contribution in [2.24, 2.45) is 5.92 Å². The minimum Gasteiger partial charge on any atom is -0.489 e. The lowest BCUT2D eigenvalue weighted by Gasteiger charge is -2.30.